The molecule has 1 fully saturated rings. The maximum atomic E-state index is 13.0. The first-order valence-corrected chi connectivity index (χ1v) is 11.1. The van der Waals surface area contributed by atoms with Gasteiger partial charge >= 0.3 is 0 Å². The van der Waals surface area contributed by atoms with Gasteiger partial charge in [-0.05, 0) is 36.5 Å². The summed E-state index contributed by atoms with van der Waals surface area (Å²) in [6, 6.07) is 4.52. The molecule has 3 rings (SSSR count). The highest BCUT2D eigenvalue weighted by atomic mass is 35.5. The third-order valence-corrected chi connectivity index (χ3v) is 6.39. The van der Waals surface area contributed by atoms with E-state index in [1.54, 1.807) is 6.07 Å². The molecule has 0 bridgehead atoms. The Morgan fingerprint density at radius 3 is 2.71 bits per heavy atom. The first-order chi connectivity index (χ1) is 13.2. The molecule has 1 aromatic heterocycles. The normalized spacial score (nSPS) is 18.1. The predicted molar refractivity (Wildman–Crippen MR) is 105 cm³/mol. The zero-order valence-electron chi connectivity index (χ0n) is 15.3. The number of amides is 1. The SMILES string of the molecule is CS(=O)(=O)c1ccc([C@H](CC2CCC(=O)C2)C(=O)Nc2cnccn2)cc1Cl. The lowest BCUT2D eigenvalue weighted by atomic mass is 9.87. The van der Waals surface area contributed by atoms with Crippen molar-refractivity contribution in [2.24, 2.45) is 5.92 Å². The van der Waals surface area contributed by atoms with Crippen molar-refractivity contribution in [1.29, 1.82) is 0 Å². The minimum Gasteiger partial charge on any atom is -0.309 e. The summed E-state index contributed by atoms with van der Waals surface area (Å²) < 4.78 is 23.6. The molecule has 0 aliphatic heterocycles. The summed E-state index contributed by atoms with van der Waals surface area (Å²) in [5.74, 6) is -0.284. The van der Waals surface area contributed by atoms with Gasteiger partial charge in [0.25, 0.3) is 0 Å². The number of ketones is 1. The number of rotatable bonds is 6. The van der Waals surface area contributed by atoms with Crippen molar-refractivity contribution >= 4 is 38.9 Å². The van der Waals surface area contributed by atoms with Crippen LogP contribution < -0.4 is 5.32 Å². The van der Waals surface area contributed by atoms with Crippen LogP contribution in [0.5, 0.6) is 0 Å². The van der Waals surface area contributed by atoms with E-state index in [0.717, 1.165) is 12.7 Å². The molecule has 1 aromatic carbocycles. The zero-order valence-corrected chi connectivity index (χ0v) is 16.8. The van der Waals surface area contributed by atoms with Crippen LogP contribution in [0.25, 0.3) is 0 Å². The van der Waals surface area contributed by atoms with Gasteiger partial charge in [-0.15, -0.1) is 0 Å². The number of hydrogen-bond acceptors (Lipinski definition) is 6. The van der Waals surface area contributed by atoms with Gasteiger partial charge in [0.05, 0.1) is 22.0 Å². The fourth-order valence-corrected chi connectivity index (χ4v) is 4.77. The van der Waals surface area contributed by atoms with Crippen LogP contribution >= 0.6 is 11.6 Å². The molecule has 1 N–H and O–H groups in total. The van der Waals surface area contributed by atoms with E-state index in [9.17, 15) is 18.0 Å². The third-order valence-electron chi connectivity index (χ3n) is 4.81. The standard InChI is InChI=1S/C19H20ClN3O4S/c1-28(26,27)17-5-3-13(10-16(17)20)15(9-12-2-4-14(24)8-12)19(25)23-18-11-21-6-7-22-18/h3,5-7,10-12,15H,2,4,8-9H2,1H3,(H,22,23,25)/t12?,15-/m0/s1. The van der Waals surface area contributed by atoms with E-state index in [1.165, 1.54) is 30.7 Å². The Bertz CT molecular complexity index is 995. The van der Waals surface area contributed by atoms with E-state index >= 15 is 0 Å². The van der Waals surface area contributed by atoms with Crippen LogP contribution in [-0.2, 0) is 19.4 Å². The molecule has 1 amide bonds. The number of Topliss-reactive ketones (excluding diaryl/α,β-unsaturated/α-hetero) is 1. The predicted octanol–water partition coefficient (Wildman–Crippen LogP) is 3.02. The number of anilines is 1. The van der Waals surface area contributed by atoms with E-state index in [1.807, 2.05) is 0 Å². The number of carbonyl (C=O) groups excluding carboxylic acids is 2. The second-order valence-electron chi connectivity index (χ2n) is 6.98. The summed E-state index contributed by atoms with van der Waals surface area (Å²) in [7, 11) is -3.47. The van der Waals surface area contributed by atoms with Gasteiger partial charge in [0, 0.05) is 31.5 Å². The fourth-order valence-electron chi connectivity index (χ4n) is 3.43. The molecule has 0 radical (unpaired) electrons. The number of hydrogen-bond donors (Lipinski definition) is 1. The van der Waals surface area contributed by atoms with E-state index in [2.05, 4.69) is 15.3 Å². The van der Waals surface area contributed by atoms with E-state index in [0.29, 0.717) is 30.6 Å². The Morgan fingerprint density at radius 2 is 2.14 bits per heavy atom. The van der Waals surface area contributed by atoms with Gasteiger partial charge < -0.3 is 5.32 Å². The molecule has 28 heavy (non-hydrogen) atoms. The van der Waals surface area contributed by atoms with E-state index in [-0.39, 0.29) is 27.5 Å². The number of aromatic nitrogens is 2. The summed E-state index contributed by atoms with van der Waals surface area (Å²) in [6.45, 7) is 0. The van der Waals surface area contributed by atoms with E-state index < -0.39 is 15.8 Å². The number of sulfone groups is 1. The lowest BCUT2D eigenvalue weighted by Crippen LogP contribution is -2.24. The first kappa shape index (κ1) is 20.4. The first-order valence-electron chi connectivity index (χ1n) is 8.82. The highest BCUT2D eigenvalue weighted by Gasteiger charge is 2.30. The molecule has 2 aromatic rings. The number of benzene rings is 1. The second-order valence-corrected chi connectivity index (χ2v) is 9.37. The monoisotopic (exact) mass is 421 g/mol. The summed E-state index contributed by atoms with van der Waals surface area (Å²) in [5.41, 5.74) is 0.595. The Hall–Kier alpha value is -2.32. The zero-order chi connectivity index (χ0) is 20.3. The molecule has 0 spiro atoms. The van der Waals surface area contributed by atoms with E-state index in [4.69, 9.17) is 11.6 Å². The van der Waals surface area contributed by atoms with Crippen molar-refractivity contribution < 1.29 is 18.0 Å². The maximum absolute atomic E-state index is 13.0. The van der Waals surface area contributed by atoms with Crippen molar-refractivity contribution in [2.45, 2.75) is 36.5 Å². The van der Waals surface area contributed by atoms with Gasteiger partial charge in [0.1, 0.15) is 5.78 Å². The Morgan fingerprint density at radius 1 is 1.36 bits per heavy atom. The molecule has 1 saturated carbocycles. The molecule has 148 valence electrons. The summed E-state index contributed by atoms with van der Waals surface area (Å²) in [5, 5.41) is 2.80. The fraction of sp³-hybridized carbons (Fsp3) is 0.368. The van der Waals surface area contributed by atoms with Crippen LogP contribution in [0.3, 0.4) is 0 Å². The molecule has 1 heterocycles. The van der Waals surface area contributed by atoms with Crippen LogP contribution in [-0.4, -0.2) is 36.3 Å². The average Bonchev–Trinajstić information content (AvgIpc) is 3.04. The van der Waals surface area contributed by atoms with Crippen LogP contribution in [0.4, 0.5) is 5.82 Å². The maximum Gasteiger partial charge on any atom is 0.233 e. The van der Waals surface area contributed by atoms with Gasteiger partial charge in [-0.1, -0.05) is 17.7 Å². The number of nitrogens with one attached hydrogen (secondary N) is 1. The highest BCUT2D eigenvalue weighted by molar-refractivity contribution is 7.90. The Balaban J connectivity index is 1.90. The molecular weight excluding hydrogens is 402 g/mol. The largest absolute Gasteiger partial charge is 0.309 e. The number of halogens is 1. The molecule has 1 aliphatic carbocycles. The van der Waals surface area contributed by atoms with Crippen molar-refractivity contribution in [3.05, 3.63) is 47.4 Å². The minimum absolute atomic E-state index is 0.0158. The van der Waals surface area contributed by atoms with Crippen LogP contribution in [0.15, 0.2) is 41.7 Å². The minimum atomic E-state index is -3.47. The van der Waals surface area contributed by atoms with Gasteiger partial charge in [-0.2, -0.15) is 0 Å². The highest BCUT2D eigenvalue weighted by Crippen LogP contribution is 2.35. The van der Waals surface area contributed by atoms with Gasteiger partial charge in [0.15, 0.2) is 15.7 Å². The summed E-state index contributed by atoms with van der Waals surface area (Å²) >= 11 is 6.18. The molecule has 1 aliphatic rings. The Kier molecular flexibility index (Phi) is 6.10. The molecule has 0 saturated heterocycles. The molecule has 2 atom stereocenters. The quantitative estimate of drug-likeness (QED) is 0.768. The molecule has 9 heteroatoms. The topological polar surface area (TPSA) is 106 Å². The van der Waals surface area contributed by atoms with Crippen LogP contribution in [0.2, 0.25) is 5.02 Å². The van der Waals surface area contributed by atoms with Gasteiger partial charge in [-0.25, -0.2) is 13.4 Å². The lowest BCUT2D eigenvalue weighted by molar-refractivity contribution is -0.119. The lowest BCUT2D eigenvalue weighted by Gasteiger charge is -2.20. The number of nitrogens with zero attached hydrogens (tertiary/aromatic N) is 2. The summed E-state index contributed by atoms with van der Waals surface area (Å²) in [6.07, 6.45) is 7.67. The van der Waals surface area contributed by atoms with Crippen molar-refractivity contribution in [3.8, 4) is 0 Å². The van der Waals surface area contributed by atoms with Crippen LogP contribution in [0.1, 0.15) is 37.2 Å². The van der Waals surface area contributed by atoms with Crippen molar-refractivity contribution in [1.82, 2.24) is 9.97 Å². The molecule has 7 nitrogen and oxygen atoms in total. The van der Waals surface area contributed by atoms with Crippen LogP contribution in [0, 0.1) is 5.92 Å². The summed E-state index contributed by atoms with van der Waals surface area (Å²) in [4.78, 5) is 32.6. The van der Waals surface area contributed by atoms with Crippen molar-refractivity contribution in [3.63, 3.8) is 0 Å². The Labute approximate surface area is 168 Å². The van der Waals surface area contributed by atoms with Gasteiger partial charge in [0.2, 0.25) is 5.91 Å². The molecule has 1 unspecified atom stereocenters. The second kappa shape index (κ2) is 8.36. The van der Waals surface area contributed by atoms with Gasteiger partial charge in [-0.3, -0.25) is 14.6 Å². The van der Waals surface area contributed by atoms with Crippen molar-refractivity contribution in [2.75, 3.05) is 11.6 Å². The average molecular weight is 422 g/mol. The molecular formula is C19H20ClN3O4S. The third kappa shape index (κ3) is 4.94. The smallest absolute Gasteiger partial charge is 0.233 e. The number of carbonyl (C=O) groups is 2.